The molecule has 0 spiro atoms. The molecule has 1 rings (SSSR count). The highest BCUT2D eigenvalue weighted by Gasteiger charge is 2.07. The summed E-state index contributed by atoms with van der Waals surface area (Å²) in [7, 11) is 0. The van der Waals surface area contributed by atoms with Gasteiger partial charge in [0.05, 0.1) is 6.10 Å². The molecule has 0 radical (unpaired) electrons. The van der Waals surface area contributed by atoms with Crippen molar-refractivity contribution in [3.05, 3.63) is 30.1 Å². The van der Waals surface area contributed by atoms with Crippen molar-refractivity contribution in [2.75, 3.05) is 6.54 Å². The predicted octanol–water partition coefficient (Wildman–Crippen LogP) is 1.58. The fraction of sp³-hybridized carbons (Fsp3) is 0.583. The molecule has 0 aliphatic carbocycles. The molecule has 0 aromatic carbocycles. The fourth-order valence-electron chi connectivity index (χ4n) is 1.32. The monoisotopic (exact) mass is 208 g/mol. The molecule has 1 unspecified atom stereocenters. The van der Waals surface area contributed by atoms with Crippen molar-refractivity contribution >= 4 is 0 Å². The summed E-state index contributed by atoms with van der Waals surface area (Å²) in [6, 6.07) is 3.97. The summed E-state index contributed by atoms with van der Waals surface area (Å²) in [6.07, 6.45) is 4.22. The summed E-state index contributed by atoms with van der Waals surface area (Å²) in [5.74, 6) is 0.338. The van der Waals surface area contributed by atoms with E-state index >= 15 is 0 Å². The first-order valence-electron chi connectivity index (χ1n) is 5.48. The molecule has 0 aliphatic heterocycles. The van der Waals surface area contributed by atoms with E-state index in [9.17, 15) is 5.11 Å². The Labute approximate surface area is 91.5 Å². The molecule has 0 bridgehead atoms. The Hall–Kier alpha value is -0.930. The lowest BCUT2D eigenvalue weighted by atomic mass is 10.0. The molecule has 3 heteroatoms. The number of nitrogens with one attached hydrogen (secondary N) is 1. The lowest BCUT2D eigenvalue weighted by molar-refractivity contribution is 0.116. The molecule has 0 saturated carbocycles. The number of hydrogen-bond acceptors (Lipinski definition) is 3. The maximum Gasteiger partial charge on any atom is 0.0575 e. The standard InChI is InChI=1S/C12H20N2O/c1-10(2)12(15)5-7-14-9-11-4-3-6-13-8-11/h3-4,6,8,10,12,14-15H,5,7,9H2,1-2H3. The van der Waals surface area contributed by atoms with Crippen LogP contribution in [0.5, 0.6) is 0 Å². The molecule has 1 aromatic rings. The zero-order valence-corrected chi connectivity index (χ0v) is 9.48. The van der Waals surface area contributed by atoms with E-state index in [2.05, 4.69) is 10.3 Å². The van der Waals surface area contributed by atoms with Gasteiger partial charge in [-0.25, -0.2) is 0 Å². The predicted molar refractivity (Wildman–Crippen MR) is 61.4 cm³/mol. The highest BCUT2D eigenvalue weighted by Crippen LogP contribution is 2.04. The number of aliphatic hydroxyl groups excluding tert-OH is 1. The third-order valence-corrected chi connectivity index (χ3v) is 2.44. The number of pyridine rings is 1. The van der Waals surface area contributed by atoms with Gasteiger partial charge >= 0.3 is 0 Å². The molecule has 84 valence electrons. The van der Waals surface area contributed by atoms with E-state index in [0.29, 0.717) is 5.92 Å². The zero-order chi connectivity index (χ0) is 11.1. The van der Waals surface area contributed by atoms with Crippen LogP contribution in [0.25, 0.3) is 0 Å². The summed E-state index contributed by atoms with van der Waals surface area (Å²) < 4.78 is 0. The molecule has 3 nitrogen and oxygen atoms in total. The minimum atomic E-state index is -0.202. The van der Waals surface area contributed by atoms with E-state index in [1.54, 1.807) is 6.20 Å². The van der Waals surface area contributed by atoms with Gasteiger partial charge in [-0.05, 0) is 30.5 Å². The van der Waals surface area contributed by atoms with Crippen molar-refractivity contribution in [1.82, 2.24) is 10.3 Å². The van der Waals surface area contributed by atoms with E-state index in [0.717, 1.165) is 19.5 Å². The van der Waals surface area contributed by atoms with Crippen LogP contribution in [0.4, 0.5) is 0 Å². The molecule has 1 atom stereocenters. The zero-order valence-electron chi connectivity index (χ0n) is 9.48. The van der Waals surface area contributed by atoms with Crippen LogP contribution in [0.15, 0.2) is 24.5 Å². The van der Waals surface area contributed by atoms with Gasteiger partial charge in [0.2, 0.25) is 0 Å². The van der Waals surface area contributed by atoms with Crippen LogP contribution in [-0.4, -0.2) is 22.7 Å². The molecule has 2 N–H and O–H groups in total. The largest absolute Gasteiger partial charge is 0.393 e. The first kappa shape index (κ1) is 12.1. The van der Waals surface area contributed by atoms with Crippen molar-refractivity contribution in [2.24, 2.45) is 5.92 Å². The quantitative estimate of drug-likeness (QED) is 0.698. The van der Waals surface area contributed by atoms with Gasteiger partial charge in [0.25, 0.3) is 0 Å². The van der Waals surface area contributed by atoms with Crippen LogP contribution in [-0.2, 0) is 6.54 Å². The maximum atomic E-state index is 9.57. The molecule has 0 aliphatic rings. The van der Waals surface area contributed by atoms with Gasteiger partial charge in [-0.1, -0.05) is 19.9 Å². The average molecular weight is 208 g/mol. The average Bonchev–Trinajstić information content (AvgIpc) is 2.25. The van der Waals surface area contributed by atoms with Gasteiger partial charge in [0, 0.05) is 18.9 Å². The van der Waals surface area contributed by atoms with E-state index < -0.39 is 0 Å². The van der Waals surface area contributed by atoms with Gasteiger partial charge in [0.15, 0.2) is 0 Å². The third kappa shape index (κ3) is 4.91. The van der Waals surface area contributed by atoms with E-state index in [4.69, 9.17) is 0 Å². The Morgan fingerprint density at radius 3 is 2.87 bits per heavy atom. The van der Waals surface area contributed by atoms with Gasteiger partial charge < -0.3 is 10.4 Å². The first-order chi connectivity index (χ1) is 7.20. The minimum absolute atomic E-state index is 0.202. The highest BCUT2D eigenvalue weighted by atomic mass is 16.3. The van der Waals surface area contributed by atoms with Crippen LogP contribution in [0.3, 0.4) is 0 Å². The summed E-state index contributed by atoms with van der Waals surface area (Å²) in [5, 5.41) is 12.9. The Kier molecular flexibility index (Phi) is 5.29. The molecule has 1 heterocycles. The Balaban J connectivity index is 2.12. The molecule has 1 aromatic heterocycles. The second-order valence-corrected chi connectivity index (χ2v) is 4.14. The SMILES string of the molecule is CC(C)C(O)CCNCc1cccnc1. The van der Waals surface area contributed by atoms with E-state index in [1.807, 2.05) is 32.2 Å². The summed E-state index contributed by atoms with van der Waals surface area (Å²) in [6.45, 7) is 5.73. The van der Waals surface area contributed by atoms with Crippen molar-refractivity contribution in [3.63, 3.8) is 0 Å². The van der Waals surface area contributed by atoms with E-state index in [-0.39, 0.29) is 6.10 Å². The molecule has 0 fully saturated rings. The second kappa shape index (κ2) is 6.53. The number of rotatable bonds is 6. The topological polar surface area (TPSA) is 45.1 Å². The lowest BCUT2D eigenvalue weighted by Crippen LogP contribution is -2.23. The van der Waals surface area contributed by atoms with Gasteiger partial charge in [-0.3, -0.25) is 4.98 Å². The Morgan fingerprint density at radius 1 is 1.47 bits per heavy atom. The second-order valence-electron chi connectivity index (χ2n) is 4.14. The Morgan fingerprint density at radius 2 is 2.27 bits per heavy atom. The smallest absolute Gasteiger partial charge is 0.0575 e. The van der Waals surface area contributed by atoms with Gasteiger partial charge in [-0.15, -0.1) is 0 Å². The number of hydrogen-bond donors (Lipinski definition) is 2. The third-order valence-electron chi connectivity index (χ3n) is 2.44. The van der Waals surface area contributed by atoms with Gasteiger partial charge in [-0.2, -0.15) is 0 Å². The molecular formula is C12H20N2O. The minimum Gasteiger partial charge on any atom is -0.393 e. The maximum absolute atomic E-state index is 9.57. The van der Waals surface area contributed by atoms with Crippen LogP contribution >= 0.6 is 0 Å². The van der Waals surface area contributed by atoms with Gasteiger partial charge in [0.1, 0.15) is 0 Å². The molecule has 0 saturated heterocycles. The number of aromatic nitrogens is 1. The van der Waals surface area contributed by atoms with Crippen LogP contribution in [0.1, 0.15) is 25.8 Å². The normalized spacial score (nSPS) is 13.1. The first-order valence-corrected chi connectivity index (χ1v) is 5.48. The summed E-state index contributed by atoms with van der Waals surface area (Å²) in [5.41, 5.74) is 1.18. The molecule has 0 amide bonds. The van der Waals surface area contributed by atoms with Crippen LogP contribution in [0.2, 0.25) is 0 Å². The lowest BCUT2D eigenvalue weighted by Gasteiger charge is -2.14. The van der Waals surface area contributed by atoms with E-state index in [1.165, 1.54) is 5.56 Å². The highest BCUT2D eigenvalue weighted by molar-refractivity contribution is 5.07. The van der Waals surface area contributed by atoms with Crippen LogP contribution in [0, 0.1) is 5.92 Å². The van der Waals surface area contributed by atoms with Crippen LogP contribution < -0.4 is 5.32 Å². The number of nitrogens with zero attached hydrogens (tertiary/aromatic N) is 1. The van der Waals surface area contributed by atoms with Crippen molar-refractivity contribution in [1.29, 1.82) is 0 Å². The Bertz CT molecular complexity index is 262. The summed E-state index contributed by atoms with van der Waals surface area (Å²) in [4.78, 5) is 4.04. The fourth-order valence-corrected chi connectivity index (χ4v) is 1.32. The molecule has 15 heavy (non-hydrogen) atoms. The number of aliphatic hydroxyl groups is 1. The van der Waals surface area contributed by atoms with Crippen molar-refractivity contribution < 1.29 is 5.11 Å². The molecular weight excluding hydrogens is 188 g/mol. The van der Waals surface area contributed by atoms with Crippen molar-refractivity contribution in [2.45, 2.75) is 32.9 Å². The van der Waals surface area contributed by atoms with Crippen molar-refractivity contribution in [3.8, 4) is 0 Å². The summed E-state index contributed by atoms with van der Waals surface area (Å²) >= 11 is 0.